The maximum absolute atomic E-state index is 11.9. The van der Waals surface area contributed by atoms with Crippen molar-refractivity contribution in [2.45, 2.75) is 44.1 Å². The lowest BCUT2D eigenvalue weighted by Gasteiger charge is -2.12. The van der Waals surface area contributed by atoms with Crippen molar-refractivity contribution in [1.29, 1.82) is 0 Å². The van der Waals surface area contributed by atoms with Crippen LogP contribution < -0.4 is 5.32 Å². The first kappa shape index (κ1) is 13.9. The Morgan fingerprint density at radius 3 is 2.79 bits per heavy atom. The number of aromatic nitrogens is 2. The number of amides is 1. The molecule has 2 N–H and O–H groups in total. The predicted octanol–water partition coefficient (Wildman–Crippen LogP) is 2.88. The zero-order valence-corrected chi connectivity index (χ0v) is 12.5. The first-order chi connectivity index (χ1) is 8.95. The third-order valence-corrected chi connectivity index (χ3v) is 3.69. The molecule has 0 aliphatic rings. The van der Waals surface area contributed by atoms with Crippen LogP contribution in [0.25, 0.3) is 11.0 Å². The summed E-state index contributed by atoms with van der Waals surface area (Å²) >= 11 is 1.45. The molecule has 5 heteroatoms. The van der Waals surface area contributed by atoms with Crippen LogP contribution in [0.3, 0.4) is 0 Å². The van der Waals surface area contributed by atoms with Gasteiger partial charge in [0, 0.05) is 6.04 Å². The highest BCUT2D eigenvalue weighted by Crippen LogP contribution is 2.24. The van der Waals surface area contributed by atoms with Gasteiger partial charge in [-0.1, -0.05) is 17.8 Å². The summed E-state index contributed by atoms with van der Waals surface area (Å²) in [6.45, 7) is 7.85. The van der Waals surface area contributed by atoms with Crippen molar-refractivity contribution in [3.05, 3.63) is 23.8 Å². The van der Waals surface area contributed by atoms with E-state index in [1.54, 1.807) is 0 Å². The van der Waals surface area contributed by atoms with E-state index in [9.17, 15) is 4.79 Å². The van der Waals surface area contributed by atoms with Crippen LogP contribution in [0.4, 0.5) is 0 Å². The number of imidazole rings is 1. The van der Waals surface area contributed by atoms with Gasteiger partial charge in [-0.2, -0.15) is 0 Å². The van der Waals surface area contributed by atoms with Crippen molar-refractivity contribution in [2.75, 3.05) is 0 Å². The first-order valence-corrected chi connectivity index (χ1v) is 7.27. The van der Waals surface area contributed by atoms with E-state index in [2.05, 4.69) is 21.4 Å². The third kappa shape index (κ3) is 3.50. The maximum Gasteiger partial charge on any atom is 0.233 e. The zero-order chi connectivity index (χ0) is 14.0. The minimum Gasteiger partial charge on any atom is -0.353 e. The molecule has 0 radical (unpaired) electrons. The lowest BCUT2D eigenvalue weighted by Crippen LogP contribution is -2.35. The van der Waals surface area contributed by atoms with Crippen molar-refractivity contribution in [2.24, 2.45) is 0 Å². The van der Waals surface area contributed by atoms with E-state index in [-0.39, 0.29) is 17.2 Å². The number of fused-ring (bicyclic) bond motifs is 1. The van der Waals surface area contributed by atoms with Gasteiger partial charge >= 0.3 is 0 Å². The van der Waals surface area contributed by atoms with E-state index in [1.807, 2.05) is 39.8 Å². The molecule has 0 aliphatic carbocycles. The van der Waals surface area contributed by atoms with Gasteiger partial charge in [-0.25, -0.2) is 4.98 Å². The molecule has 4 nitrogen and oxygen atoms in total. The monoisotopic (exact) mass is 277 g/mol. The molecule has 0 saturated carbocycles. The Hall–Kier alpha value is -1.49. The van der Waals surface area contributed by atoms with Crippen molar-refractivity contribution < 1.29 is 4.79 Å². The molecule has 0 fully saturated rings. The molecule has 1 amide bonds. The van der Waals surface area contributed by atoms with Crippen LogP contribution in [0.1, 0.15) is 26.3 Å². The van der Waals surface area contributed by atoms with Gasteiger partial charge in [0.05, 0.1) is 16.3 Å². The Bertz CT molecular complexity index is 591. The average molecular weight is 277 g/mol. The summed E-state index contributed by atoms with van der Waals surface area (Å²) in [6.07, 6.45) is 0. The van der Waals surface area contributed by atoms with E-state index in [4.69, 9.17) is 0 Å². The Morgan fingerprint density at radius 2 is 2.11 bits per heavy atom. The Labute approximate surface area is 117 Å². The second-order valence-corrected chi connectivity index (χ2v) is 6.32. The van der Waals surface area contributed by atoms with Crippen molar-refractivity contribution >= 4 is 28.7 Å². The van der Waals surface area contributed by atoms with Gasteiger partial charge in [0.1, 0.15) is 0 Å². The largest absolute Gasteiger partial charge is 0.353 e. The molecular formula is C14H19N3OS. The van der Waals surface area contributed by atoms with Crippen LogP contribution >= 0.6 is 11.8 Å². The van der Waals surface area contributed by atoms with Crippen LogP contribution in [0.5, 0.6) is 0 Å². The number of thioether (sulfide) groups is 1. The third-order valence-electron chi connectivity index (χ3n) is 2.70. The zero-order valence-electron chi connectivity index (χ0n) is 11.7. The fraction of sp³-hybridized carbons (Fsp3) is 0.429. The number of benzene rings is 1. The molecule has 0 saturated heterocycles. The number of aromatic amines is 1. The average Bonchev–Trinajstić information content (AvgIpc) is 2.69. The quantitative estimate of drug-likeness (QED) is 0.845. The summed E-state index contributed by atoms with van der Waals surface area (Å²) in [6, 6.07) is 6.25. The predicted molar refractivity (Wildman–Crippen MR) is 79.4 cm³/mol. The Balaban J connectivity index is 2.10. The molecule has 0 bridgehead atoms. The molecule has 19 heavy (non-hydrogen) atoms. The molecule has 2 rings (SSSR count). The minimum atomic E-state index is -0.163. The fourth-order valence-corrected chi connectivity index (χ4v) is 2.61. The molecule has 2 aromatic rings. The van der Waals surface area contributed by atoms with Gasteiger partial charge in [0.25, 0.3) is 0 Å². The Kier molecular flexibility index (Phi) is 4.14. The van der Waals surface area contributed by atoms with Gasteiger partial charge < -0.3 is 10.3 Å². The molecule has 1 unspecified atom stereocenters. The van der Waals surface area contributed by atoms with Gasteiger partial charge in [-0.15, -0.1) is 0 Å². The van der Waals surface area contributed by atoms with Gasteiger partial charge in [-0.05, 0) is 45.4 Å². The van der Waals surface area contributed by atoms with Crippen LogP contribution in [0, 0.1) is 6.92 Å². The number of nitrogens with zero attached hydrogens (tertiary/aromatic N) is 1. The van der Waals surface area contributed by atoms with E-state index >= 15 is 0 Å². The van der Waals surface area contributed by atoms with Gasteiger partial charge in [0.2, 0.25) is 5.91 Å². The molecule has 1 heterocycles. The molecule has 1 aromatic heterocycles. The summed E-state index contributed by atoms with van der Waals surface area (Å²) < 4.78 is 0. The van der Waals surface area contributed by atoms with E-state index in [0.29, 0.717) is 0 Å². The number of aryl methyl sites for hydroxylation is 1. The van der Waals surface area contributed by atoms with Gasteiger partial charge in [0.15, 0.2) is 5.16 Å². The lowest BCUT2D eigenvalue weighted by molar-refractivity contribution is -0.120. The summed E-state index contributed by atoms with van der Waals surface area (Å²) in [7, 11) is 0. The molecular weight excluding hydrogens is 258 g/mol. The van der Waals surface area contributed by atoms with E-state index in [1.165, 1.54) is 17.3 Å². The topological polar surface area (TPSA) is 57.8 Å². The Morgan fingerprint density at radius 1 is 1.37 bits per heavy atom. The molecule has 1 aromatic carbocycles. The summed E-state index contributed by atoms with van der Waals surface area (Å²) in [5, 5.41) is 3.53. The van der Waals surface area contributed by atoms with Crippen molar-refractivity contribution in [1.82, 2.24) is 15.3 Å². The van der Waals surface area contributed by atoms with Crippen LogP contribution in [0.2, 0.25) is 0 Å². The smallest absolute Gasteiger partial charge is 0.233 e. The fourth-order valence-electron chi connectivity index (χ4n) is 1.78. The number of hydrogen-bond donors (Lipinski definition) is 2. The summed E-state index contributed by atoms with van der Waals surface area (Å²) in [4.78, 5) is 19.6. The van der Waals surface area contributed by atoms with Gasteiger partial charge in [-0.3, -0.25) is 4.79 Å². The van der Waals surface area contributed by atoms with Crippen molar-refractivity contribution in [3.63, 3.8) is 0 Å². The number of carbonyl (C=O) groups is 1. The second kappa shape index (κ2) is 5.65. The second-order valence-electron chi connectivity index (χ2n) is 4.99. The summed E-state index contributed by atoms with van der Waals surface area (Å²) in [5.41, 5.74) is 3.14. The summed E-state index contributed by atoms with van der Waals surface area (Å²) in [5.74, 6) is 0.0386. The highest BCUT2D eigenvalue weighted by Gasteiger charge is 2.17. The SMILES string of the molecule is Cc1ccc2nc(SC(C)C(=O)NC(C)C)[nH]c2c1. The molecule has 102 valence electrons. The number of nitrogens with one attached hydrogen (secondary N) is 2. The standard InChI is InChI=1S/C14H19N3OS/c1-8(2)15-13(18)10(4)19-14-16-11-6-5-9(3)7-12(11)17-14/h5-8,10H,1-4H3,(H,15,18)(H,16,17). The maximum atomic E-state index is 11.9. The lowest BCUT2D eigenvalue weighted by atomic mass is 10.2. The highest BCUT2D eigenvalue weighted by molar-refractivity contribution is 8.00. The number of hydrogen-bond acceptors (Lipinski definition) is 3. The number of carbonyl (C=O) groups excluding carboxylic acids is 1. The highest BCUT2D eigenvalue weighted by atomic mass is 32.2. The molecule has 0 spiro atoms. The number of rotatable bonds is 4. The molecule has 1 atom stereocenters. The van der Waals surface area contributed by atoms with Crippen LogP contribution in [0.15, 0.2) is 23.4 Å². The van der Waals surface area contributed by atoms with E-state index < -0.39 is 0 Å². The van der Waals surface area contributed by atoms with Crippen LogP contribution in [-0.4, -0.2) is 27.2 Å². The number of H-pyrrole nitrogens is 1. The molecule has 0 aliphatic heterocycles. The normalized spacial score (nSPS) is 12.9. The van der Waals surface area contributed by atoms with Crippen LogP contribution in [-0.2, 0) is 4.79 Å². The first-order valence-electron chi connectivity index (χ1n) is 6.39. The van der Waals surface area contributed by atoms with E-state index in [0.717, 1.165) is 16.2 Å². The van der Waals surface area contributed by atoms with Crippen molar-refractivity contribution in [3.8, 4) is 0 Å². The minimum absolute atomic E-state index is 0.0386.